The van der Waals surface area contributed by atoms with Gasteiger partial charge in [0.15, 0.2) is 0 Å². The van der Waals surface area contributed by atoms with E-state index in [1.165, 1.54) is 11.1 Å². The Morgan fingerprint density at radius 2 is 1.87 bits per heavy atom. The first-order chi connectivity index (χ1) is 7.22. The predicted molar refractivity (Wildman–Crippen MR) is 59.8 cm³/mol. The van der Waals surface area contributed by atoms with Crippen LogP contribution >= 0.6 is 0 Å². The molecule has 1 aromatic rings. The highest BCUT2D eigenvalue weighted by Gasteiger charge is 1.96. The van der Waals surface area contributed by atoms with Crippen LogP contribution in [-0.4, -0.2) is 17.6 Å². The van der Waals surface area contributed by atoms with Crippen molar-refractivity contribution >= 4 is 5.97 Å². The Labute approximate surface area is 90.1 Å². The van der Waals surface area contributed by atoms with Gasteiger partial charge in [0.1, 0.15) is 0 Å². The SMILES string of the molecule is CCc1ccc(CNCCC(=O)O)cc1. The van der Waals surface area contributed by atoms with Crippen molar-refractivity contribution in [2.45, 2.75) is 26.3 Å². The normalized spacial score (nSPS) is 10.2. The van der Waals surface area contributed by atoms with Gasteiger partial charge in [0.25, 0.3) is 0 Å². The molecule has 0 atom stereocenters. The lowest BCUT2D eigenvalue weighted by Gasteiger charge is -2.04. The van der Waals surface area contributed by atoms with Gasteiger partial charge in [0, 0.05) is 13.1 Å². The first-order valence-corrected chi connectivity index (χ1v) is 5.22. The van der Waals surface area contributed by atoms with Crippen LogP contribution in [0, 0.1) is 0 Å². The molecule has 3 heteroatoms. The fourth-order valence-corrected chi connectivity index (χ4v) is 1.32. The number of benzene rings is 1. The van der Waals surface area contributed by atoms with Crippen molar-refractivity contribution in [2.75, 3.05) is 6.54 Å². The molecule has 3 nitrogen and oxygen atoms in total. The molecule has 0 saturated carbocycles. The zero-order valence-electron chi connectivity index (χ0n) is 8.99. The van der Waals surface area contributed by atoms with Crippen LogP contribution in [0.15, 0.2) is 24.3 Å². The van der Waals surface area contributed by atoms with Crippen molar-refractivity contribution in [3.63, 3.8) is 0 Å². The molecule has 0 saturated heterocycles. The average Bonchev–Trinajstić information content (AvgIpc) is 2.25. The third-order valence-corrected chi connectivity index (χ3v) is 2.28. The second kappa shape index (κ2) is 6.19. The number of nitrogens with one attached hydrogen (secondary N) is 1. The van der Waals surface area contributed by atoms with Crippen molar-refractivity contribution < 1.29 is 9.90 Å². The van der Waals surface area contributed by atoms with Crippen LogP contribution in [0.1, 0.15) is 24.5 Å². The summed E-state index contributed by atoms with van der Waals surface area (Å²) in [5.41, 5.74) is 2.52. The van der Waals surface area contributed by atoms with Crippen LogP contribution in [0.5, 0.6) is 0 Å². The Hall–Kier alpha value is -1.35. The van der Waals surface area contributed by atoms with Crippen molar-refractivity contribution in [3.8, 4) is 0 Å². The fourth-order valence-electron chi connectivity index (χ4n) is 1.32. The van der Waals surface area contributed by atoms with E-state index in [1.54, 1.807) is 0 Å². The minimum absolute atomic E-state index is 0.174. The van der Waals surface area contributed by atoms with Gasteiger partial charge in [-0.15, -0.1) is 0 Å². The third-order valence-electron chi connectivity index (χ3n) is 2.28. The molecule has 0 heterocycles. The number of aliphatic carboxylic acids is 1. The second-order valence-corrected chi connectivity index (χ2v) is 3.49. The number of aryl methyl sites for hydroxylation is 1. The summed E-state index contributed by atoms with van der Waals surface area (Å²) >= 11 is 0. The molecule has 15 heavy (non-hydrogen) atoms. The van der Waals surface area contributed by atoms with Crippen molar-refractivity contribution in [1.82, 2.24) is 5.32 Å². The maximum absolute atomic E-state index is 10.3. The molecule has 0 aromatic heterocycles. The zero-order valence-corrected chi connectivity index (χ0v) is 8.99. The van der Waals surface area contributed by atoms with Gasteiger partial charge in [0.05, 0.1) is 6.42 Å². The van der Waals surface area contributed by atoms with E-state index < -0.39 is 5.97 Å². The van der Waals surface area contributed by atoms with E-state index >= 15 is 0 Å². The minimum Gasteiger partial charge on any atom is -0.481 e. The van der Waals surface area contributed by atoms with Gasteiger partial charge in [-0.3, -0.25) is 4.79 Å². The Morgan fingerprint density at radius 3 is 2.40 bits per heavy atom. The molecule has 82 valence electrons. The fraction of sp³-hybridized carbons (Fsp3) is 0.417. The summed E-state index contributed by atoms with van der Waals surface area (Å²) in [6, 6.07) is 8.36. The van der Waals surface area contributed by atoms with Gasteiger partial charge in [-0.05, 0) is 17.5 Å². The summed E-state index contributed by atoms with van der Waals surface area (Å²) < 4.78 is 0. The quantitative estimate of drug-likeness (QED) is 0.699. The standard InChI is InChI=1S/C12H17NO2/c1-2-10-3-5-11(6-4-10)9-13-8-7-12(14)15/h3-6,13H,2,7-9H2,1H3,(H,14,15). The van der Waals surface area contributed by atoms with E-state index in [4.69, 9.17) is 5.11 Å². The highest BCUT2D eigenvalue weighted by atomic mass is 16.4. The molecule has 0 bridgehead atoms. The first-order valence-electron chi connectivity index (χ1n) is 5.22. The number of carbonyl (C=O) groups is 1. The lowest BCUT2D eigenvalue weighted by atomic mass is 10.1. The molecule has 0 spiro atoms. The first kappa shape index (κ1) is 11.7. The number of hydrogen-bond acceptors (Lipinski definition) is 2. The zero-order chi connectivity index (χ0) is 11.1. The largest absolute Gasteiger partial charge is 0.481 e. The maximum Gasteiger partial charge on any atom is 0.304 e. The second-order valence-electron chi connectivity index (χ2n) is 3.49. The predicted octanol–water partition coefficient (Wildman–Crippen LogP) is 1.81. The number of carboxylic acid groups (broad SMARTS) is 1. The lowest BCUT2D eigenvalue weighted by molar-refractivity contribution is -0.136. The highest BCUT2D eigenvalue weighted by Crippen LogP contribution is 2.04. The van der Waals surface area contributed by atoms with Gasteiger partial charge >= 0.3 is 5.97 Å². The monoisotopic (exact) mass is 207 g/mol. The Morgan fingerprint density at radius 1 is 1.27 bits per heavy atom. The molecule has 2 N–H and O–H groups in total. The topological polar surface area (TPSA) is 49.3 Å². The van der Waals surface area contributed by atoms with E-state index in [9.17, 15) is 4.79 Å². The van der Waals surface area contributed by atoms with E-state index in [1.807, 2.05) is 0 Å². The molecule has 0 unspecified atom stereocenters. The van der Waals surface area contributed by atoms with Crippen molar-refractivity contribution in [3.05, 3.63) is 35.4 Å². The number of hydrogen-bond donors (Lipinski definition) is 2. The average molecular weight is 207 g/mol. The molecular weight excluding hydrogens is 190 g/mol. The molecule has 0 radical (unpaired) electrons. The van der Waals surface area contributed by atoms with Crippen molar-refractivity contribution in [1.29, 1.82) is 0 Å². The minimum atomic E-state index is -0.760. The van der Waals surface area contributed by atoms with Gasteiger partial charge < -0.3 is 10.4 Å². The summed E-state index contributed by atoms with van der Waals surface area (Å²) in [6.45, 7) is 3.38. The molecule has 1 rings (SSSR count). The van der Waals surface area contributed by atoms with Gasteiger partial charge in [-0.1, -0.05) is 31.2 Å². The molecule has 0 aliphatic heterocycles. The van der Waals surface area contributed by atoms with E-state index in [2.05, 4.69) is 36.5 Å². The third kappa shape index (κ3) is 4.61. The molecule has 0 amide bonds. The summed E-state index contributed by atoms with van der Waals surface area (Å²) in [7, 11) is 0. The van der Waals surface area contributed by atoms with Gasteiger partial charge in [-0.25, -0.2) is 0 Å². The lowest BCUT2D eigenvalue weighted by Crippen LogP contribution is -2.17. The van der Waals surface area contributed by atoms with Crippen LogP contribution in [0.3, 0.4) is 0 Å². The molecule has 0 fully saturated rings. The maximum atomic E-state index is 10.3. The number of carboxylic acids is 1. The Kier molecular flexibility index (Phi) is 4.84. The van der Waals surface area contributed by atoms with Crippen LogP contribution in [0.4, 0.5) is 0 Å². The van der Waals surface area contributed by atoms with Gasteiger partial charge in [-0.2, -0.15) is 0 Å². The van der Waals surface area contributed by atoms with Gasteiger partial charge in [0.2, 0.25) is 0 Å². The van der Waals surface area contributed by atoms with Crippen LogP contribution in [-0.2, 0) is 17.8 Å². The van der Waals surface area contributed by atoms with E-state index in [0.29, 0.717) is 6.54 Å². The highest BCUT2D eigenvalue weighted by molar-refractivity contribution is 5.66. The van der Waals surface area contributed by atoms with Crippen LogP contribution in [0.2, 0.25) is 0 Å². The molecule has 1 aromatic carbocycles. The van der Waals surface area contributed by atoms with Crippen LogP contribution < -0.4 is 5.32 Å². The molecular formula is C12H17NO2. The molecule has 0 aliphatic rings. The smallest absolute Gasteiger partial charge is 0.304 e. The number of rotatable bonds is 6. The van der Waals surface area contributed by atoms with Crippen LogP contribution in [0.25, 0.3) is 0 Å². The summed E-state index contributed by atoms with van der Waals surface area (Å²) in [4.78, 5) is 10.3. The Balaban J connectivity index is 2.28. The van der Waals surface area contributed by atoms with E-state index in [0.717, 1.165) is 13.0 Å². The van der Waals surface area contributed by atoms with Crippen molar-refractivity contribution in [2.24, 2.45) is 0 Å². The summed E-state index contributed by atoms with van der Waals surface area (Å²) in [5.74, 6) is -0.760. The van der Waals surface area contributed by atoms with E-state index in [-0.39, 0.29) is 6.42 Å². The molecule has 0 aliphatic carbocycles. The Bertz CT molecular complexity index is 306. The summed E-state index contributed by atoms with van der Waals surface area (Å²) in [5, 5.41) is 11.5. The summed E-state index contributed by atoms with van der Waals surface area (Å²) in [6.07, 6.45) is 1.22.